The number of amides is 2. The van der Waals surface area contributed by atoms with Crippen molar-refractivity contribution in [1.29, 1.82) is 0 Å². The summed E-state index contributed by atoms with van der Waals surface area (Å²) in [5.74, 6) is -0.302. The first-order valence-corrected chi connectivity index (χ1v) is 6.85. The van der Waals surface area contributed by atoms with Gasteiger partial charge in [0.25, 0.3) is 0 Å². The Morgan fingerprint density at radius 2 is 2.00 bits per heavy atom. The highest BCUT2D eigenvalue weighted by atomic mass is 16.4. The van der Waals surface area contributed by atoms with Gasteiger partial charge in [-0.2, -0.15) is 0 Å². The molecule has 6 nitrogen and oxygen atoms in total. The molecule has 1 aliphatic heterocycles. The predicted molar refractivity (Wildman–Crippen MR) is 81.7 cm³/mol. The summed E-state index contributed by atoms with van der Waals surface area (Å²) in [4.78, 5) is 27.2. The van der Waals surface area contributed by atoms with E-state index in [1.807, 2.05) is 36.2 Å². The largest absolute Gasteiger partial charge is 0.465 e. The van der Waals surface area contributed by atoms with Crippen molar-refractivity contribution in [1.82, 2.24) is 4.90 Å². The average molecular weight is 291 g/mol. The molecule has 1 unspecified atom stereocenters. The highest BCUT2D eigenvalue weighted by molar-refractivity contribution is 6.01. The second-order valence-electron chi connectivity index (χ2n) is 6.23. The van der Waals surface area contributed by atoms with Gasteiger partial charge in [-0.15, -0.1) is 0 Å². The molecule has 21 heavy (non-hydrogen) atoms. The molecule has 1 aliphatic rings. The molecule has 0 radical (unpaired) electrons. The van der Waals surface area contributed by atoms with Crippen molar-refractivity contribution in [2.24, 2.45) is 0 Å². The van der Waals surface area contributed by atoms with E-state index in [2.05, 4.69) is 5.32 Å². The molecule has 0 bridgehead atoms. The third-order valence-electron chi connectivity index (χ3n) is 3.56. The smallest absolute Gasteiger partial charge is 0.408 e. The number of carbonyl (C=O) groups excluding carboxylic acids is 1. The van der Waals surface area contributed by atoms with Gasteiger partial charge in [0.15, 0.2) is 0 Å². The quantitative estimate of drug-likeness (QED) is 0.832. The Labute approximate surface area is 124 Å². The predicted octanol–water partition coefficient (Wildman–Crippen LogP) is 2.22. The minimum absolute atomic E-state index is 0.302. The monoisotopic (exact) mass is 291 g/mol. The fourth-order valence-electron chi connectivity index (χ4n) is 2.66. The summed E-state index contributed by atoms with van der Waals surface area (Å²) in [7, 11) is 1.86. The van der Waals surface area contributed by atoms with Crippen molar-refractivity contribution in [3.05, 3.63) is 24.3 Å². The highest BCUT2D eigenvalue weighted by Gasteiger charge is 2.39. The summed E-state index contributed by atoms with van der Waals surface area (Å²) in [6, 6.07) is 6.68. The first-order chi connectivity index (χ1) is 9.71. The van der Waals surface area contributed by atoms with E-state index in [1.165, 1.54) is 4.90 Å². The van der Waals surface area contributed by atoms with Crippen LogP contribution in [0, 0.1) is 0 Å². The topological polar surface area (TPSA) is 72.9 Å². The zero-order valence-electron chi connectivity index (χ0n) is 12.8. The minimum atomic E-state index is -1.10. The third-order valence-corrected chi connectivity index (χ3v) is 3.56. The summed E-state index contributed by atoms with van der Waals surface area (Å²) >= 11 is 0. The Morgan fingerprint density at radius 1 is 1.38 bits per heavy atom. The van der Waals surface area contributed by atoms with Crippen molar-refractivity contribution in [3.63, 3.8) is 0 Å². The van der Waals surface area contributed by atoms with Gasteiger partial charge in [-0.1, -0.05) is 12.1 Å². The lowest BCUT2D eigenvalue weighted by atomic mass is 10.0. The molecule has 0 saturated heterocycles. The fourth-order valence-corrected chi connectivity index (χ4v) is 2.66. The fraction of sp³-hybridized carbons (Fsp3) is 0.467. The Balaban J connectivity index is 2.40. The number of hydrogen-bond acceptors (Lipinski definition) is 3. The van der Waals surface area contributed by atoms with Gasteiger partial charge in [-0.25, -0.2) is 4.79 Å². The SMILES string of the molecule is CN1CC(N(C(=O)O)C(C)(C)C)C(=O)Nc2ccccc21. The van der Waals surface area contributed by atoms with E-state index in [0.717, 1.165) is 5.69 Å². The van der Waals surface area contributed by atoms with Crippen LogP contribution in [0.1, 0.15) is 20.8 Å². The van der Waals surface area contributed by atoms with Gasteiger partial charge in [-0.3, -0.25) is 9.69 Å². The number of anilines is 2. The maximum Gasteiger partial charge on any atom is 0.408 e. The maximum atomic E-state index is 12.5. The molecule has 1 aromatic rings. The van der Waals surface area contributed by atoms with E-state index < -0.39 is 17.7 Å². The molecule has 1 heterocycles. The van der Waals surface area contributed by atoms with Crippen molar-refractivity contribution < 1.29 is 14.7 Å². The summed E-state index contributed by atoms with van der Waals surface area (Å²) in [6.07, 6.45) is -1.10. The number of fused-ring (bicyclic) bond motifs is 1. The first kappa shape index (κ1) is 15.2. The van der Waals surface area contributed by atoms with Gasteiger partial charge in [0.05, 0.1) is 11.4 Å². The Hall–Kier alpha value is -2.24. The number of hydrogen-bond donors (Lipinski definition) is 2. The highest BCUT2D eigenvalue weighted by Crippen LogP contribution is 2.30. The molecular formula is C15H21N3O3. The minimum Gasteiger partial charge on any atom is -0.465 e. The van der Waals surface area contributed by atoms with Crippen LogP contribution >= 0.6 is 0 Å². The van der Waals surface area contributed by atoms with Crippen LogP contribution < -0.4 is 10.2 Å². The zero-order chi connectivity index (χ0) is 15.8. The Bertz CT molecular complexity index is 566. The lowest BCUT2D eigenvalue weighted by Crippen LogP contribution is -2.58. The second kappa shape index (κ2) is 5.27. The molecule has 2 rings (SSSR count). The number of carboxylic acid groups (broad SMARTS) is 1. The molecule has 6 heteroatoms. The molecule has 2 amide bonds. The number of rotatable bonds is 1. The van der Waals surface area contributed by atoms with Gasteiger partial charge in [0.1, 0.15) is 6.04 Å². The van der Waals surface area contributed by atoms with Crippen LogP contribution in [0.3, 0.4) is 0 Å². The van der Waals surface area contributed by atoms with Crippen LogP contribution in [0.15, 0.2) is 24.3 Å². The first-order valence-electron chi connectivity index (χ1n) is 6.85. The van der Waals surface area contributed by atoms with Crippen LogP contribution in [0.4, 0.5) is 16.2 Å². The maximum absolute atomic E-state index is 12.5. The summed E-state index contributed by atoms with van der Waals surface area (Å²) in [6.45, 7) is 5.66. The lowest BCUT2D eigenvalue weighted by molar-refractivity contribution is -0.122. The number of para-hydroxylation sites is 2. The Morgan fingerprint density at radius 3 is 2.57 bits per heavy atom. The van der Waals surface area contributed by atoms with E-state index in [4.69, 9.17) is 0 Å². The van der Waals surface area contributed by atoms with Crippen LogP contribution in [0.5, 0.6) is 0 Å². The Kier molecular flexibility index (Phi) is 3.80. The number of likely N-dealkylation sites (N-methyl/N-ethyl adjacent to an activating group) is 1. The molecule has 0 aliphatic carbocycles. The van der Waals surface area contributed by atoms with Gasteiger partial charge in [-0.05, 0) is 32.9 Å². The zero-order valence-corrected chi connectivity index (χ0v) is 12.8. The van der Waals surface area contributed by atoms with Gasteiger partial charge in [0.2, 0.25) is 5.91 Å². The number of nitrogens with zero attached hydrogens (tertiary/aromatic N) is 2. The van der Waals surface area contributed by atoms with E-state index in [1.54, 1.807) is 20.8 Å². The van der Waals surface area contributed by atoms with Crippen molar-refractivity contribution >= 4 is 23.4 Å². The molecule has 0 saturated carbocycles. The molecule has 2 N–H and O–H groups in total. The summed E-state index contributed by atoms with van der Waals surface area (Å²) in [5.41, 5.74) is 0.921. The number of benzene rings is 1. The molecule has 114 valence electrons. The van der Waals surface area contributed by atoms with Crippen LogP contribution in [-0.2, 0) is 4.79 Å². The van der Waals surface area contributed by atoms with Crippen LogP contribution in [-0.4, -0.2) is 47.2 Å². The normalized spacial score (nSPS) is 18.6. The van der Waals surface area contributed by atoms with Crippen LogP contribution in [0.25, 0.3) is 0 Å². The molecular weight excluding hydrogens is 270 g/mol. The number of nitrogens with one attached hydrogen (secondary N) is 1. The molecule has 1 aromatic carbocycles. The van der Waals surface area contributed by atoms with Crippen molar-refractivity contribution in [2.45, 2.75) is 32.4 Å². The summed E-state index contributed by atoms with van der Waals surface area (Å²) in [5, 5.41) is 12.3. The second-order valence-corrected chi connectivity index (χ2v) is 6.23. The van der Waals surface area contributed by atoms with Crippen molar-refractivity contribution in [3.8, 4) is 0 Å². The van der Waals surface area contributed by atoms with E-state index in [9.17, 15) is 14.7 Å². The molecule has 0 fully saturated rings. The van der Waals surface area contributed by atoms with Gasteiger partial charge < -0.3 is 15.3 Å². The van der Waals surface area contributed by atoms with E-state index in [0.29, 0.717) is 12.2 Å². The van der Waals surface area contributed by atoms with Crippen molar-refractivity contribution in [2.75, 3.05) is 23.8 Å². The average Bonchev–Trinajstić information content (AvgIpc) is 2.46. The van der Waals surface area contributed by atoms with E-state index >= 15 is 0 Å². The third kappa shape index (κ3) is 2.94. The van der Waals surface area contributed by atoms with Gasteiger partial charge in [0, 0.05) is 19.1 Å². The van der Waals surface area contributed by atoms with E-state index in [-0.39, 0.29) is 5.91 Å². The number of carbonyl (C=O) groups is 2. The molecule has 0 spiro atoms. The van der Waals surface area contributed by atoms with Crippen LogP contribution in [0.2, 0.25) is 0 Å². The molecule has 1 atom stereocenters. The summed E-state index contributed by atoms with van der Waals surface area (Å²) < 4.78 is 0. The lowest BCUT2D eigenvalue weighted by Gasteiger charge is -2.39. The van der Waals surface area contributed by atoms with Gasteiger partial charge >= 0.3 is 6.09 Å². The molecule has 0 aromatic heterocycles. The standard InChI is InChI=1S/C15H21N3O3/c1-15(2,3)18(14(20)21)12-9-17(4)11-8-6-5-7-10(11)16-13(12)19/h5-8,12H,9H2,1-4H3,(H,16,19)(H,20,21).